The zero-order valence-electron chi connectivity index (χ0n) is 12.7. The van der Waals surface area contributed by atoms with Crippen LogP contribution >= 0.6 is 15.9 Å². The number of carbonyl (C=O) groups excluding carboxylic acids is 1. The van der Waals surface area contributed by atoms with Crippen molar-refractivity contribution < 1.29 is 17.6 Å². The number of sulfonamides is 1. The second-order valence-corrected chi connectivity index (χ2v) is 7.84. The summed E-state index contributed by atoms with van der Waals surface area (Å²) in [5.74, 6) is -1.31. The van der Waals surface area contributed by atoms with E-state index in [2.05, 4.69) is 20.9 Å². The van der Waals surface area contributed by atoms with Gasteiger partial charge in [-0.15, -0.1) is 0 Å². The lowest BCUT2D eigenvalue weighted by molar-refractivity contribution is -0.118. The summed E-state index contributed by atoms with van der Waals surface area (Å²) < 4.78 is 41.7. The number of benzene rings is 2. The third-order valence-electron chi connectivity index (χ3n) is 3.50. The fourth-order valence-corrected chi connectivity index (χ4v) is 3.82. The molecule has 8 heteroatoms. The quantitative estimate of drug-likeness (QED) is 0.700. The third kappa shape index (κ3) is 3.85. The van der Waals surface area contributed by atoms with Crippen molar-refractivity contribution in [3.05, 3.63) is 70.6 Å². The molecule has 2 aromatic carbocycles. The number of halogens is 2. The van der Waals surface area contributed by atoms with Crippen molar-refractivity contribution in [3.8, 4) is 0 Å². The van der Waals surface area contributed by atoms with E-state index >= 15 is 0 Å². The Hall–Kier alpha value is -2.32. The van der Waals surface area contributed by atoms with E-state index in [4.69, 9.17) is 0 Å². The van der Waals surface area contributed by atoms with Gasteiger partial charge in [0.2, 0.25) is 5.91 Å². The summed E-state index contributed by atoms with van der Waals surface area (Å²) in [6.45, 7) is 0. The SMILES string of the molecule is O=C(Cc1ccc(Br)cc1)NS(=O)(=O)c1ccc(F)c2ncccc12. The molecule has 25 heavy (non-hydrogen) atoms. The van der Waals surface area contributed by atoms with Gasteiger partial charge in [-0.2, -0.15) is 0 Å². The van der Waals surface area contributed by atoms with E-state index in [1.54, 1.807) is 24.3 Å². The van der Waals surface area contributed by atoms with Crippen LogP contribution in [-0.2, 0) is 21.2 Å². The average molecular weight is 423 g/mol. The molecule has 1 amide bonds. The predicted octanol–water partition coefficient (Wildman–Crippen LogP) is 3.18. The predicted molar refractivity (Wildman–Crippen MR) is 94.9 cm³/mol. The standard InChI is InChI=1S/C17H12BrFN2O3S/c18-12-5-3-11(4-6-12)10-16(22)21-25(23,24)15-8-7-14(19)17-13(15)2-1-9-20-17/h1-9H,10H2,(H,21,22). The number of aromatic nitrogens is 1. The normalized spacial score (nSPS) is 11.4. The minimum atomic E-state index is -4.15. The van der Waals surface area contributed by atoms with Crippen molar-refractivity contribution in [2.75, 3.05) is 0 Å². The number of pyridine rings is 1. The molecule has 0 aliphatic carbocycles. The van der Waals surface area contributed by atoms with E-state index < -0.39 is 21.7 Å². The van der Waals surface area contributed by atoms with Gasteiger partial charge in [0, 0.05) is 16.1 Å². The second kappa shape index (κ2) is 6.89. The summed E-state index contributed by atoms with van der Waals surface area (Å²) in [4.78, 5) is 15.8. The summed E-state index contributed by atoms with van der Waals surface area (Å²) in [6, 6.07) is 12.0. The zero-order chi connectivity index (χ0) is 18.0. The summed E-state index contributed by atoms with van der Waals surface area (Å²) in [5.41, 5.74) is 0.604. The molecule has 1 heterocycles. The van der Waals surface area contributed by atoms with E-state index in [1.165, 1.54) is 18.3 Å². The molecule has 0 aliphatic heterocycles. The van der Waals surface area contributed by atoms with Crippen LogP contribution in [0, 0.1) is 5.82 Å². The summed E-state index contributed by atoms with van der Waals surface area (Å²) in [6.07, 6.45) is 1.28. The molecule has 0 aliphatic rings. The summed E-state index contributed by atoms with van der Waals surface area (Å²) in [7, 11) is -4.15. The summed E-state index contributed by atoms with van der Waals surface area (Å²) in [5, 5.41) is 0.117. The van der Waals surface area contributed by atoms with Crippen LogP contribution in [0.25, 0.3) is 10.9 Å². The Balaban J connectivity index is 1.88. The number of hydrogen-bond acceptors (Lipinski definition) is 4. The molecule has 0 unspecified atom stereocenters. The highest BCUT2D eigenvalue weighted by atomic mass is 79.9. The Labute approximate surface area is 152 Å². The van der Waals surface area contributed by atoms with E-state index in [0.29, 0.717) is 5.56 Å². The van der Waals surface area contributed by atoms with Crippen LogP contribution in [0.15, 0.2) is 64.1 Å². The van der Waals surface area contributed by atoms with Crippen LogP contribution in [0.3, 0.4) is 0 Å². The first-order valence-corrected chi connectivity index (χ1v) is 9.48. The van der Waals surface area contributed by atoms with Crippen molar-refractivity contribution in [1.82, 2.24) is 9.71 Å². The Morgan fingerprint density at radius 3 is 2.56 bits per heavy atom. The van der Waals surface area contributed by atoms with Gasteiger partial charge in [0.1, 0.15) is 11.3 Å². The number of nitrogens with zero attached hydrogens (tertiary/aromatic N) is 1. The number of carbonyl (C=O) groups is 1. The molecule has 1 aromatic heterocycles. The highest BCUT2D eigenvalue weighted by molar-refractivity contribution is 9.10. The highest BCUT2D eigenvalue weighted by Gasteiger charge is 2.21. The van der Waals surface area contributed by atoms with Gasteiger partial charge in [-0.25, -0.2) is 17.5 Å². The molecule has 0 atom stereocenters. The van der Waals surface area contributed by atoms with Gasteiger partial charge >= 0.3 is 0 Å². The van der Waals surface area contributed by atoms with Crippen LogP contribution in [0.5, 0.6) is 0 Å². The topological polar surface area (TPSA) is 76.1 Å². The number of amides is 1. The van der Waals surface area contributed by atoms with Gasteiger partial charge < -0.3 is 0 Å². The largest absolute Gasteiger partial charge is 0.274 e. The molecule has 0 saturated carbocycles. The first-order valence-electron chi connectivity index (χ1n) is 7.20. The van der Waals surface area contributed by atoms with Crippen LogP contribution < -0.4 is 4.72 Å². The molecular weight excluding hydrogens is 411 g/mol. The highest BCUT2D eigenvalue weighted by Crippen LogP contribution is 2.23. The number of hydrogen-bond donors (Lipinski definition) is 1. The third-order valence-corrected chi connectivity index (χ3v) is 5.46. The van der Waals surface area contributed by atoms with Crippen molar-refractivity contribution >= 4 is 42.8 Å². The molecular formula is C17H12BrFN2O3S. The molecule has 3 rings (SSSR count). The van der Waals surface area contributed by atoms with E-state index in [1.807, 2.05) is 4.72 Å². The molecule has 0 radical (unpaired) electrons. The molecule has 0 spiro atoms. The molecule has 0 saturated heterocycles. The van der Waals surface area contributed by atoms with Crippen molar-refractivity contribution in [1.29, 1.82) is 0 Å². The molecule has 0 bridgehead atoms. The Morgan fingerprint density at radius 1 is 1.12 bits per heavy atom. The lowest BCUT2D eigenvalue weighted by atomic mass is 10.1. The van der Waals surface area contributed by atoms with Gasteiger partial charge in [0.25, 0.3) is 10.0 Å². The lowest BCUT2D eigenvalue weighted by Crippen LogP contribution is -2.32. The number of rotatable bonds is 4. The van der Waals surface area contributed by atoms with Crippen LogP contribution in [-0.4, -0.2) is 19.3 Å². The fourth-order valence-electron chi connectivity index (χ4n) is 2.37. The van der Waals surface area contributed by atoms with E-state index in [9.17, 15) is 17.6 Å². The average Bonchev–Trinajstić information content (AvgIpc) is 2.57. The summed E-state index contributed by atoms with van der Waals surface area (Å²) >= 11 is 3.29. The first-order chi connectivity index (χ1) is 11.9. The van der Waals surface area contributed by atoms with Crippen molar-refractivity contribution in [3.63, 3.8) is 0 Å². The van der Waals surface area contributed by atoms with Gasteiger partial charge in [0.15, 0.2) is 0 Å². The smallest absolute Gasteiger partial charge is 0.264 e. The van der Waals surface area contributed by atoms with Gasteiger partial charge in [0.05, 0.1) is 11.3 Å². The maximum atomic E-state index is 13.8. The van der Waals surface area contributed by atoms with Crippen LogP contribution in [0.2, 0.25) is 0 Å². The molecule has 0 fully saturated rings. The van der Waals surface area contributed by atoms with E-state index in [-0.39, 0.29) is 22.2 Å². The Morgan fingerprint density at radius 2 is 1.84 bits per heavy atom. The van der Waals surface area contributed by atoms with Gasteiger partial charge in [-0.05, 0) is 42.0 Å². The molecule has 128 valence electrons. The second-order valence-electron chi connectivity index (χ2n) is 5.28. The molecule has 1 N–H and O–H groups in total. The van der Waals surface area contributed by atoms with Crippen molar-refractivity contribution in [2.45, 2.75) is 11.3 Å². The molecule has 5 nitrogen and oxygen atoms in total. The van der Waals surface area contributed by atoms with Gasteiger partial charge in [-0.3, -0.25) is 9.78 Å². The molecule has 3 aromatic rings. The maximum Gasteiger partial charge on any atom is 0.264 e. The maximum absolute atomic E-state index is 13.8. The number of nitrogens with one attached hydrogen (secondary N) is 1. The first kappa shape index (κ1) is 17.5. The van der Waals surface area contributed by atoms with Crippen LogP contribution in [0.4, 0.5) is 4.39 Å². The number of fused-ring (bicyclic) bond motifs is 1. The Kier molecular flexibility index (Phi) is 4.82. The Bertz CT molecular complexity index is 1050. The minimum absolute atomic E-state index is 0.0641. The zero-order valence-corrected chi connectivity index (χ0v) is 15.1. The minimum Gasteiger partial charge on any atom is -0.274 e. The van der Waals surface area contributed by atoms with Crippen molar-refractivity contribution in [2.24, 2.45) is 0 Å². The van der Waals surface area contributed by atoms with Crippen LogP contribution in [0.1, 0.15) is 5.56 Å². The fraction of sp³-hybridized carbons (Fsp3) is 0.0588. The monoisotopic (exact) mass is 422 g/mol. The van der Waals surface area contributed by atoms with E-state index in [0.717, 1.165) is 16.6 Å². The lowest BCUT2D eigenvalue weighted by Gasteiger charge is -2.10. The van der Waals surface area contributed by atoms with Gasteiger partial charge in [-0.1, -0.05) is 28.1 Å².